The standard InChI is InChI=1S/C29H28N4O3/c1-29(28(35)30-18-21-9-5-3-6-10-21)20-33-26(17-25(31-33)23-11-7-4-8-12-23)27(34)32(29)19-22-13-15-24(36-2)16-14-22/h3-17H,18-20H2,1-2H3,(H,30,35)/t29-/m0/s1. The number of rotatable bonds is 7. The molecular weight excluding hydrogens is 452 g/mol. The minimum Gasteiger partial charge on any atom is -0.497 e. The first-order valence-corrected chi connectivity index (χ1v) is 11.9. The van der Waals surface area contributed by atoms with Crippen LogP contribution in [0.25, 0.3) is 11.3 Å². The fourth-order valence-corrected chi connectivity index (χ4v) is 4.52. The number of benzene rings is 3. The van der Waals surface area contributed by atoms with E-state index in [1.807, 2.05) is 91.9 Å². The van der Waals surface area contributed by atoms with E-state index in [9.17, 15) is 9.59 Å². The van der Waals surface area contributed by atoms with Gasteiger partial charge in [-0.15, -0.1) is 0 Å². The number of methoxy groups -OCH3 is 1. The number of nitrogens with one attached hydrogen (secondary N) is 1. The van der Waals surface area contributed by atoms with Crippen LogP contribution in [-0.4, -0.2) is 39.1 Å². The molecule has 7 heteroatoms. The summed E-state index contributed by atoms with van der Waals surface area (Å²) in [7, 11) is 1.61. The second-order valence-corrected chi connectivity index (χ2v) is 9.12. The highest BCUT2D eigenvalue weighted by Crippen LogP contribution is 2.31. The van der Waals surface area contributed by atoms with Crippen molar-refractivity contribution in [2.45, 2.75) is 32.1 Å². The van der Waals surface area contributed by atoms with Gasteiger partial charge in [0.1, 0.15) is 17.0 Å². The number of ether oxygens (including phenoxy) is 1. The predicted molar refractivity (Wildman–Crippen MR) is 137 cm³/mol. The average Bonchev–Trinajstić information content (AvgIpc) is 3.35. The van der Waals surface area contributed by atoms with Crippen molar-refractivity contribution in [3.05, 3.63) is 108 Å². The Bertz CT molecular complexity index is 1370. The molecule has 1 aromatic heterocycles. The summed E-state index contributed by atoms with van der Waals surface area (Å²) in [6.45, 7) is 2.71. The molecule has 0 spiro atoms. The molecule has 2 amide bonds. The van der Waals surface area contributed by atoms with Crippen LogP contribution >= 0.6 is 0 Å². The van der Waals surface area contributed by atoms with Gasteiger partial charge in [-0.3, -0.25) is 14.3 Å². The van der Waals surface area contributed by atoms with Crippen LogP contribution in [0.15, 0.2) is 91.0 Å². The molecule has 1 atom stereocenters. The maximum absolute atomic E-state index is 13.8. The molecule has 0 saturated carbocycles. The topological polar surface area (TPSA) is 76.5 Å². The van der Waals surface area contributed by atoms with Crippen molar-refractivity contribution in [3.8, 4) is 17.0 Å². The summed E-state index contributed by atoms with van der Waals surface area (Å²) >= 11 is 0. The highest BCUT2D eigenvalue weighted by molar-refractivity contribution is 6.00. The molecule has 0 aliphatic carbocycles. The average molecular weight is 481 g/mol. The fourth-order valence-electron chi connectivity index (χ4n) is 4.52. The number of carbonyl (C=O) groups is 2. The van der Waals surface area contributed by atoms with E-state index in [0.717, 1.165) is 22.4 Å². The second kappa shape index (κ2) is 9.70. The van der Waals surface area contributed by atoms with Crippen molar-refractivity contribution in [1.82, 2.24) is 20.0 Å². The fraction of sp³-hybridized carbons (Fsp3) is 0.207. The third-order valence-electron chi connectivity index (χ3n) is 6.65. The van der Waals surface area contributed by atoms with Crippen LogP contribution < -0.4 is 10.1 Å². The Morgan fingerprint density at radius 1 is 0.972 bits per heavy atom. The molecule has 2 heterocycles. The lowest BCUT2D eigenvalue weighted by molar-refractivity contribution is -0.133. The number of carbonyl (C=O) groups excluding carboxylic acids is 2. The lowest BCUT2D eigenvalue weighted by Crippen LogP contribution is -2.63. The normalized spacial score (nSPS) is 16.9. The Balaban J connectivity index is 1.49. The third kappa shape index (κ3) is 4.47. The molecule has 182 valence electrons. The van der Waals surface area contributed by atoms with Gasteiger partial charge in [0.15, 0.2) is 0 Å². The SMILES string of the molecule is COc1ccc(CN2C(=O)c3cc(-c4ccccc4)nn3C[C@@]2(C)C(=O)NCc2ccccc2)cc1. The highest BCUT2D eigenvalue weighted by Gasteiger charge is 2.48. The zero-order valence-corrected chi connectivity index (χ0v) is 20.3. The molecule has 36 heavy (non-hydrogen) atoms. The van der Waals surface area contributed by atoms with Crippen LogP contribution in [0.5, 0.6) is 5.75 Å². The van der Waals surface area contributed by atoms with Gasteiger partial charge in [0, 0.05) is 18.7 Å². The van der Waals surface area contributed by atoms with Gasteiger partial charge >= 0.3 is 0 Å². The quantitative estimate of drug-likeness (QED) is 0.428. The van der Waals surface area contributed by atoms with Crippen molar-refractivity contribution < 1.29 is 14.3 Å². The molecule has 3 aromatic carbocycles. The smallest absolute Gasteiger partial charge is 0.273 e. The van der Waals surface area contributed by atoms with E-state index in [4.69, 9.17) is 9.84 Å². The van der Waals surface area contributed by atoms with Crippen molar-refractivity contribution >= 4 is 11.8 Å². The van der Waals surface area contributed by atoms with E-state index in [1.165, 1.54) is 0 Å². The molecular formula is C29H28N4O3. The predicted octanol–water partition coefficient (Wildman–Crippen LogP) is 4.29. The second-order valence-electron chi connectivity index (χ2n) is 9.12. The van der Waals surface area contributed by atoms with Crippen molar-refractivity contribution in [3.63, 3.8) is 0 Å². The number of aromatic nitrogens is 2. The van der Waals surface area contributed by atoms with E-state index < -0.39 is 5.54 Å². The van der Waals surface area contributed by atoms with Crippen LogP contribution in [0.3, 0.4) is 0 Å². The summed E-state index contributed by atoms with van der Waals surface area (Å²) in [5, 5.41) is 7.74. The lowest BCUT2D eigenvalue weighted by atomic mass is 9.94. The van der Waals surface area contributed by atoms with Gasteiger partial charge < -0.3 is 15.0 Å². The van der Waals surface area contributed by atoms with Crippen molar-refractivity contribution in [2.24, 2.45) is 0 Å². The Hall–Kier alpha value is -4.39. The zero-order valence-electron chi connectivity index (χ0n) is 20.3. The summed E-state index contributed by atoms with van der Waals surface area (Å²) in [5.74, 6) is 0.275. The summed E-state index contributed by atoms with van der Waals surface area (Å²) in [5.41, 5.74) is 2.85. The van der Waals surface area contributed by atoms with Gasteiger partial charge in [0.05, 0.1) is 19.3 Å². The maximum Gasteiger partial charge on any atom is 0.273 e. The highest BCUT2D eigenvalue weighted by atomic mass is 16.5. The first kappa shape index (κ1) is 23.4. The number of amides is 2. The molecule has 0 fully saturated rings. The maximum atomic E-state index is 13.8. The van der Waals surface area contributed by atoms with Crippen molar-refractivity contribution in [2.75, 3.05) is 7.11 Å². The van der Waals surface area contributed by atoms with Crippen LogP contribution in [-0.2, 0) is 24.4 Å². The molecule has 1 N–H and O–H groups in total. The Labute approximate surface area is 210 Å². The molecule has 0 bridgehead atoms. The van der Waals surface area contributed by atoms with E-state index >= 15 is 0 Å². The number of fused-ring (bicyclic) bond motifs is 1. The molecule has 5 rings (SSSR count). The van der Waals surface area contributed by atoms with Gasteiger partial charge in [0.2, 0.25) is 5.91 Å². The Kier molecular flexibility index (Phi) is 6.29. The van der Waals surface area contributed by atoms with Crippen LogP contribution in [0.2, 0.25) is 0 Å². The Morgan fingerprint density at radius 2 is 1.64 bits per heavy atom. The largest absolute Gasteiger partial charge is 0.497 e. The number of hydrogen-bond donors (Lipinski definition) is 1. The van der Waals surface area contributed by atoms with E-state index in [1.54, 1.807) is 22.8 Å². The Morgan fingerprint density at radius 3 is 2.31 bits per heavy atom. The zero-order chi connectivity index (χ0) is 25.1. The van der Waals surface area contributed by atoms with Crippen LogP contribution in [0.1, 0.15) is 28.5 Å². The van der Waals surface area contributed by atoms with Gasteiger partial charge in [-0.05, 0) is 36.2 Å². The first-order valence-electron chi connectivity index (χ1n) is 11.9. The van der Waals surface area contributed by atoms with Crippen LogP contribution in [0.4, 0.5) is 0 Å². The molecule has 1 aliphatic heterocycles. The summed E-state index contributed by atoms with van der Waals surface area (Å²) < 4.78 is 6.93. The molecule has 0 unspecified atom stereocenters. The third-order valence-corrected chi connectivity index (χ3v) is 6.65. The monoisotopic (exact) mass is 480 g/mol. The molecule has 0 saturated heterocycles. The van der Waals surface area contributed by atoms with E-state index in [2.05, 4.69) is 5.32 Å². The first-order chi connectivity index (χ1) is 17.5. The molecule has 4 aromatic rings. The summed E-state index contributed by atoms with van der Waals surface area (Å²) in [6, 6.07) is 28.8. The summed E-state index contributed by atoms with van der Waals surface area (Å²) in [6.07, 6.45) is 0. The van der Waals surface area contributed by atoms with Gasteiger partial charge in [-0.1, -0.05) is 72.8 Å². The number of nitrogens with zero attached hydrogens (tertiary/aromatic N) is 3. The van der Waals surface area contributed by atoms with Gasteiger partial charge in [-0.25, -0.2) is 0 Å². The molecule has 7 nitrogen and oxygen atoms in total. The van der Waals surface area contributed by atoms with Gasteiger partial charge in [0.25, 0.3) is 5.91 Å². The lowest BCUT2D eigenvalue weighted by Gasteiger charge is -2.43. The number of hydrogen-bond acceptors (Lipinski definition) is 4. The summed E-state index contributed by atoms with van der Waals surface area (Å²) in [4.78, 5) is 29.2. The molecule has 0 radical (unpaired) electrons. The minimum absolute atomic E-state index is 0.226. The van der Waals surface area contributed by atoms with Crippen molar-refractivity contribution in [1.29, 1.82) is 0 Å². The van der Waals surface area contributed by atoms with E-state index in [-0.39, 0.29) is 24.9 Å². The van der Waals surface area contributed by atoms with E-state index in [0.29, 0.717) is 17.9 Å². The van der Waals surface area contributed by atoms with Crippen LogP contribution in [0, 0.1) is 0 Å². The van der Waals surface area contributed by atoms with Gasteiger partial charge in [-0.2, -0.15) is 5.10 Å². The molecule has 1 aliphatic rings. The minimum atomic E-state index is -1.14.